The van der Waals surface area contributed by atoms with Gasteiger partial charge in [-0.1, -0.05) is 29.3 Å². The summed E-state index contributed by atoms with van der Waals surface area (Å²) in [6, 6.07) is 5.05. The van der Waals surface area contributed by atoms with E-state index in [1.165, 1.54) is 13.2 Å². The Bertz CT molecular complexity index is 477. The Balaban J connectivity index is 2.40. The van der Waals surface area contributed by atoms with Gasteiger partial charge in [0.05, 0.1) is 12.7 Å². The van der Waals surface area contributed by atoms with E-state index in [1.54, 1.807) is 24.3 Å². The predicted octanol–water partition coefficient (Wildman–Crippen LogP) is 2.52. The molecule has 0 aliphatic rings. The van der Waals surface area contributed by atoms with Crippen LogP contribution in [0, 0.1) is 0 Å². The van der Waals surface area contributed by atoms with Gasteiger partial charge in [0.25, 0.3) is 0 Å². The molecule has 0 radical (unpaired) electrons. The summed E-state index contributed by atoms with van der Waals surface area (Å²) in [4.78, 5) is 11.6. The molecule has 1 amide bonds. The van der Waals surface area contributed by atoms with Crippen LogP contribution in [0.5, 0.6) is 0 Å². The quantitative estimate of drug-likeness (QED) is 0.760. The van der Waals surface area contributed by atoms with Crippen molar-refractivity contribution in [3.63, 3.8) is 0 Å². The highest BCUT2D eigenvalue weighted by atomic mass is 35.5. The van der Waals surface area contributed by atoms with Crippen molar-refractivity contribution in [2.45, 2.75) is 12.5 Å². The number of halogens is 2. The molecule has 0 saturated carbocycles. The van der Waals surface area contributed by atoms with E-state index in [2.05, 4.69) is 5.32 Å². The molecule has 6 heteroatoms. The van der Waals surface area contributed by atoms with Gasteiger partial charge in [0.15, 0.2) is 0 Å². The fraction of sp³-hybridized carbons (Fsp3) is 0.357. The second kappa shape index (κ2) is 8.97. The average Bonchev–Trinajstić information content (AvgIpc) is 2.38. The molecule has 110 valence electrons. The van der Waals surface area contributed by atoms with Gasteiger partial charge >= 0.3 is 0 Å². The summed E-state index contributed by atoms with van der Waals surface area (Å²) in [6.07, 6.45) is 2.86. The molecular weight excluding hydrogens is 301 g/mol. The van der Waals surface area contributed by atoms with E-state index in [-0.39, 0.29) is 12.5 Å². The number of carbonyl (C=O) groups excluding carboxylic acids is 1. The molecular formula is C14H17Cl2NO3. The van der Waals surface area contributed by atoms with Crippen LogP contribution in [0.2, 0.25) is 10.0 Å². The summed E-state index contributed by atoms with van der Waals surface area (Å²) in [7, 11) is 1.51. The first kappa shape index (κ1) is 17.0. The van der Waals surface area contributed by atoms with Gasteiger partial charge in [0.1, 0.15) is 0 Å². The van der Waals surface area contributed by atoms with E-state index in [1.807, 2.05) is 0 Å². The normalized spacial score (nSPS) is 12.6. The lowest BCUT2D eigenvalue weighted by Crippen LogP contribution is -2.27. The van der Waals surface area contributed by atoms with Crippen LogP contribution in [0.1, 0.15) is 12.0 Å². The largest absolute Gasteiger partial charge is 0.391 e. The summed E-state index contributed by atoms with van der Waals surface area (Å²) >= 11 is 11.8. The van der Waals surface area contributed by atoms with Crippen molar-refractivity contribution in [1.29, 1.82) is 0 Å². The molecule has 20 heavy (non-hydrogen) atoms. The lowest BCUT2D eigenvalue weighted by atomic mass is 10.2. The lowest BCUT2D eigenvalue weighted by Gasteiger charge is -2.08. The minimum Gasteiger partial charge on any atom is -0.391 e. The standard InChI is InChI=1S/C14H17Cl2NO3/c1-20-9-12(18)6-7-17-14(19)5-3-10-2-4-11(15)8-13(10)16/h2-5,8,12,18H,6-7,9H2,1H3,(H,17,19)/b5-3+. The molecule has 1 atom stereocenters. The minimum absolute atomic E-state index is 0.249. The number of aliphatic hydroxyl groups is 1. The Hall–Kier alpha value is -1.07. The first-order chi connectivity index (χ1) is 9.52. The van der Waals surface area contributed by atoms with Gasteiger partial charge in [0, 0.05) is 29.8 Å². The number of benzene rings is 1. The van der Waals surface area contributed by atoms with Crippen LogP contribution in [-0.2, 0) is 9.53 Å². The summed E-state index contributed by atoms with van der Waals surface area (Å²) < 4.78 is 4.79. The van der Waals surface area contributed by atoms with Crippen LogP contribution in [0.4, 0.5) is 0 Å². The third-order valence-electron chi connectivity index (χ3n) is 2.51. The van der Waals surface area contributed by atoms with Gasteiger partial charge in [-0.2, -0.15) is 0 Å². The molecule has 0 spiro atoms. The van der Waals surface area contributed by atoms with Gasteiger partial charge in [-0.15, -0.1) is 0 Å². The molecule has 1 aromatic rings. The topological polar surface area (TPSA) is 58.6 Å². The maximum atomic E-state index is 11.6. The molecule has 0 aliphatic heterocycles. The molecule has 0 heterocycles. The van der Waals surface area contributed by atoms with Gasteiger partial charge in [0.2, 0.25) is 5.91 Å². The third-order valence-corrected chi connectivity index (χ3v) is 3.08. The molecule has 0 aliphatic carbocycles. The highest BCUT2D eigenvalue weighted by Crippen LogP contribution is 2.21. The molecule has 0 aromatic heterocycles. The molecule has 4 nitrogen and oxygen atoms in total. The summed E-state index contributed by atoms with van der Waals surface area (Å²) in [5.74, 6) is -0.249. The molecule has 0 bridgehead atoms. The van der Waals surface area contributed by atoms with E-state index in [4.69, 9.17) is 27.9 Å². The van der Waals surface area contributed by atoms with Crippen LogP contribution in [0.15, 0.2) is 24.3 Å². The Morgan fingerprint density at radius 1 is 1.50 bits per heavy atom. The highest BCUT2D eigenvalue weighted by molar-refractivity contribution is 6.35. The summed E-state index contributed by atoms with van der Waals surface area (Å²) in [5.41, 5.74) is 0.714. The van der Waals surface area contributed by atoms with Crippen molar-refractivity contribution in [3.05, 3.63) is 39.9 Å². The van der Waals surface area contributed by atoms with Crippen LogP contribution < -0.4 is 5.32 Å². The maximum Gasteiger partial charge on any atom is 0.244 e. The highest BCUT2D eigenvalue weighted by Gasteiger charge is 2.04. The first-order valence-electron chi connectivity index (χ1n) is 6.11. The monoisotopic (exact) mass is 317 g/mol. The van der Waals surface area contributed by atoms with Gasteiger partial charge in [-0.3, -0.25) is 4.79 Å². The summed E-state index contributed by atoms with van der Waals surface area (Å²) in [6.45, 7) is 0.633. The molecule has 1 rings (SSSR count). The number of nitrogens with one attached hydrogen (secondary N) is 1. The van der Waals surface area contributed by atoms with Gasteiger partial charge in [-0.25, -0.2) is 0 Å². The van der Waals surface area contributed by atoms with Crippen molar-refractivity contribution in [1.82, 2.24) is 5.32 Å². The SMILES string of the molecule is COCC(O)CCNC(=O)/C=C/c1ccc(Cl)cc1Cl. The number of hydrogen-bond acceptors (Lipinski definition) is 3. The smallest absolute Gasteiger partial charge is 0.244 e. The number of methoxy groups -OCH3 is 1. The number of aliphatic hydroxyl groups excluding tert-OH is 1. The van der Waals surface area contributed by atoms with E-state index >= 15 is 0 Å². The number of hydrogen-bond donors (Lipinski definition) is 2. The second-order valence-corrected chi connectivity index (χ2v) is 5.03. The molecule has 0 saturated heterocycles. The van der Waals surface area contributed by atoms with Crippen molar-refractivity contribution >= 4 is 35.2 Å². The summed E-state index contributed by atoms with van der Waals surface area (Å²) in [5, 5.41) is 13.1. The zero-order valence-electron chi connectivity index (χ0n) is 11.1. The van der Waals surface area contributed by atoms with Crippen molar-refractivity contribution in [2.75, 3.05) is 20.3 Å². The lowest BCUT2D eigenvalue weighted by molar-refractivity contribution is -0.116. The van der Waals surface area contributed by atoms with Crippen LogP contribution in [0.3, 0.4) is 0 Å². The second-order valence-electron chi connectivity index (χ2n) is 4.19. The van der Waals surface area contributed by atoms with E-state index in [0.717, 1.165) is 0 Å². The van der Waals surface area contributed by atoms with Crippen LogP contribution >= 0.6 is 23.2 Å². The Kier molecular flexibility index (Phi) is 7.62. The Morgan fingerprint density at radius 3 is 2.90 bits per heavy atom. The van der Waals surface area contributed by atoms with E-state index in [9.17, 15) is 9.90 Å². The van der Waals surface area contributed by atoms with Crippen molar-refractivity contribution in [3.8, 4) is 0 Å². The minimum atomic E-state index is -0.574. The molecule has 0 fully saturated rings. The van der Waals surface area contributed by atoms with Crippen molar-refractivity contribution in [2.24, 2.45) is 0 Å². The molecule has 1 aromatic carbocycles. The third kappa shape index (κ3) is 6.39. The fourth-order valence-electron chi connectivity index (χ4n) is 1.50. The van der Waals surface area contributed by atoms with Crippen molar-refractivity contribution < 1.29 is 14.6 Å². The van der Waals surface area contributed by atoms with Gasteiger partial charge < -0.3 is 15.2 Å². The maximum absolute atomic E-state index is 11.6. The number of ether oxygens (including phenoxy) is 1. The molecule has 2 N–H and O–H groups in total. The van der Waals surface area contributed by atoms with E-state index in [0.29, 0.717) is 28.6 Å². The number of rotatable bonds is 7. The van der Waals surface area contributed by atoms with E-state index < -0.39 is 6.10 Å². The Morgan fingerprint density at radius 2 is 2.25 bits per heavy atom. The molecule has 1 unspecified atom stereocenters. The average molecular weight is 318 g/mol. The number of carbonyl (C=O) groups is 1. The predicted molar refractivity (Wildman–Crippen MR) is 81.0 cm³/mol. The fourth-order valence-corrected chi connectivity index (χ4v) is 1.97. The Labute approximate surface area is 128 Å². The van der Waals surface area contributed by atoms with Crippen LogP contribution in [0.25, 0.3) is 6.08 Å². The zero-order valence-corrected chi connectivity index (χ0v) is 12.6. The van der Waals surface area contributed by atoms with Crippen LogP contribution in [-0.4, -0.2) is 37.4 Å². The first-order valence-corrected chi connectivity index (χ1v) is 6.86. The number of amides is 1. The van der Waals surface area contributed by atoms with Gasteiger partial charge in [-0.05, 0) is 30.2 Å². The zero-order chi connectivity index (χ0) is 15.0.